The van der Waals surface area contributed by atoms with Crippen molar-refractivity contribution in [3.8, 4) is 6.07 Å². The van der Waals surface area contributed by atoms with E-state index in [1.807, 2.05) is 30.3 Å². The lowest BCUT2D eigenvalue weighted by Crippen LogP contribution is -2.41. The van der Waals surface area contributed by atoms with Crippen molar-refractivity contribution in [1.29, 1.82) is 5.26 Å². The summed E-state index contributed by atoms with van der Waals surface area (Å²) < 4.78 is 0.902. The van der Waals surface area contributed by atoms with Crippen LogP contribution in [0.3, 0.4) is 0 Å². The number of carbonyl (C=O) groups excluding carboxylic acids is 3. The van der Waals surface area contributed by atoms with Gasteiger partial charge >= 0.3 is 0 Å². The highest BCUT2D eigenvalue weighted by atomic mass is 79.9. The maximum absolute atomic E-state index is 13.1. The first-order valence-electron chi connectivity index (χ1n) is 8.90. The zero-order chi connectivity index (χ0) is 21.7. The van der Waals surface area contributed by atoms with Crippen LogP contribution in [0.1, 0.15) is 5.56 Å². The molecule has 2 N–H and O–H groups in total. The Kier molecular flexibility index (Phi) is 6.92. The highest BCUT2D eigenvalue weighted by Crippen LogP contribution is 2.39. The molecule has 7 nitrogen and oxygen atoms in total. The lowest BCUT2D eigenvalue weighted by Gasteiger charge is -2.18. The standard InChI is InChI=1S/C21H17BrN4O3S/c1-24-18(28)16(12-23)21-26(15-5-3-2-4-6-15)20(29)19(30-21)25-17(27)11-13-7-9-14(22)10-8-13/h2-10,19H,11H2,1H3,(H,24,28)(H,25,27)/b21-16-. The van der Waals surface area contributed by atoms with Gasteiger partial charge in [0.2, 0.25) is 5.91 Å². The van der Waals surface area contributed by atoms with E-state index in [-0.39, 0.29) is 22.9 Å². The molecule has 1 aliphatic rings. The molecule has 1 fully saturated rings. The summed E-state index contributed by atoms with van der Waals surface area (Å²) in [5.74, 6) is -1.37. The number of rotatable bonds is 5. The molecule has 2 aromatic carbocycles. The number of thioether (sulfide) groups is 1. The third kappa shape index (κ3) is 4.72. The van der Waals surface area contributed by atoms with Crippen molar-refractivity contribution in [3.05, 3.63) is 75.2 Å². The fourth-order valence-corrected chi connectivity index (χ4v) is 4.26. The largest absolute Gasteiger partial charge is 0.354 e. The normalized spacial score (nSPS) is 17.3. The van der Waals surface area contributed by atoms with Crippen LogP contribution < -0.4 is 15.5 Å². The van der Waals surface area contributed by atoms with E-state index < -0.39 is 17.2 Å². The molecule has 9 heteroatoms. The van der Waals surface area contributed by atoms with Gasteiger partial charge in [-0.15, -0.1) is 0 Å². The SMILES string of the molecule is CNC(=O)/C(C#N)=C1\SC(NC(=O)Cc2ccc(Br)cc2)C(=O)N1c1ccccc1. The predicted molar refractivity (Wildman–Crippen MR) is 118 cm³/mol. The number of para-hydroxylation sites is 1. The van der Waals surface area contributed by atoms with Crippen molar-refractivity contribution < 1.29 is 14.4 Å². The summed E-state index contributed by atoms with van der Waals surface area (Å²) >= 11 is 4.32. The van der Waals surface area contributed by atoms with E-state index >= 15 is 0 Å². The van der Waals surface area contributed by atoms with E-state index in [0.717, 1.165) is 21.8 Å². The van der Waals surface area contributed by atoms with Gasteiger partial charge in [-0.2, -0.15) is 5.26 Å². The summed E-state index contributed by atoms with van der Waals surface area (Å²) in [5.41, 5.74) is 1.11. The highest BCUT2D eigenvalue weighted by molar-refractivity contribution is 9.10. The van der Waals surface area contributed by atoms with Crippen LogP contribution >= 0.6 is 27.7 Å². The number of amides is 3. The fourth-order valence-electron chi connectivity index (χ4n) is 2.82. The van der Waals surface area contributed by atoms with Crippen LogP contribution in [0.4, 0.5) is 5.69 Å². The molecule has 2 aromatic rings. The highest BCUT2D eigenvalue weighted by Gasteiger charge is 2.41. The molecule has 0 aliphatic carbocycles. The van der Waals surface area contributed by atoms with E-state index in [1.54, 1.807) is 30.3 Å². The summed E-state index contributed by atoms with van der Waals surface area (Å²) in [6.07, 6.45) is 0.0998. The Morgan fingerprint density at radius 1 is 1.17 bits per heavy atom. The zero-order valence-corrected chi connectivity index (χ0v) is 18.3. The third-order valence-electron chi connectivity index (χ3n) is 4.24. The number of halogens is 1. The average molecular weight is 485 g/mol. The molecule has 3 rings (SSSR count). The van der Waals surface area contributed by atoms with Gasteiger partial charge in [-0.25, -0.2) is 0 Å². The van der Waals surface area contributed by atoms with Crippen molar-refractivity contribution in [2.45, 2.75) is 11.8 Å². The van der Waals surface area contributed by atoms with Gasteiger partial charge in [-0.1, -0.05) is 58.0 Å². The second-order valence-electron chi connectivity index (χ2n) is 6.25. The van der Waals surface area contributed by atoms with Gasteiger partial charge in [0.25, 0.3) is 11.8 Å². The molecular weight excluding hydrogens is 468 g/mol. The minimum Gasteiger partial charge on any atom is -0.354 e. The maximum atomic E-state index is 13.1. The third-order valence-corrected chi connectivity index (χ3v) is 5.94. The molecule has 30 heavy (non-hydrogen) atoms. The minimum absolute atomic E-state index is 0.0998. The van der Waals surface area contributed by atoms with Gasteiger partial charge in [-0.05, 0) is 29.8 Å². The number of nitriles is 1. The van der Waals surface area contributed by atoms with Crippen LogP contribution in [0.2, 0.25) is 0 Å². The molecule has 0 radical (unpaired) electrons. The van der Waals surface area contributed by atoms with Gasteiger partial charge in [0.15, 0.2) is 5.37 Å². The first-order valence-corrected chi connectivity index (χ1v) is 10.6. The van der Waals surface area contributed by atoms with Crippen LogP contribution in [0.15, 0.2) is 69.7 Å². The predicted octanol–water partition coefficient (Wildman–Crippen LogP) is 2.70. The first-order chi connectivity index (χ1) is 14.4. The Morgan fingerprint density at radius 3 is 2.43 bits per heavy atom. The van der Waals surface area contributed by atoms with Crippen LogP contribution in [0.25, 0.3) is 0 Å². The first kappa shape index (κ1) is 21.6. The van der Waals surface area contributed by atoms with Crippen LogP contribution in [-0.4, -0.2) is 30.1 Å². The second-order valence-corrected chi connectivity index (χ2v) is 8.26. The number of likely N-dealkylation sites (N-methyl/N-ethyl adjacent to an activating group) is 1. The van der Waals surface area contributed by atoms with Crippen molar-refractivity contribution in [2.75, 3.05) is 11.9 Å². The smallest absolute Gasteiger partial charge is 0.265 e. The number of hydrogen-bond donors (Lipinski definition) is 2. The fraction of sp³-hybridized carbons (Fsp3) is 0.143. The Labute approximate surface area is 186 Å². The molecule has 0 saturated carbocycles. The number of carbonyl (C=O) groups is 3. The van der Waals surface area contributed by atoms with E-state index in [1.165, 1.54) is 11.9 Å². The van der Waals surface area contributed by atoms with Crippen molar-refractivity contribution >= 4 is 51.1 Å². The molecule has 152 valence electrons. The average Bonchev–Trinajstić information content (AvgIpc) is 3.06. The summed E-state index contributed by atoms with van der Waals surface area (Å²) in [6, 6.07) is 17.8. The van der Waals surface area contributed by atoms with E-state index in [4.69, 9.17) is 0 Å². The van der Waals surface area contributed by atoms with Crippen LogP contribution in [0.5, 0.6) is 0 Å². The van der Waals surface area contributed by atoms with Gasteiger partial charge in [0.05, 0.1) is 6.42 Å². The minimum atomic E-state index is -0.948. The number of anilines is 1. The molecule has 1 atom stereocenters. The van der Waals surface area contributed by atoms with Gasteiger partial charge in [0, 0.05) is 17.2 Å². The van der Waals surface area contributed by atoms with Gasteiger partial charge < -0.3 is 10.6 Å². The number of nitrogens with one attached hydrogen (secondary N) is 2. The van der Waals surface area contributed by atoms with Crippen LogP contribution in [-0.2, 0) is 20.8 Å². The summed E-state index contributed by atoms with van der Waals surface area (Å²) in [4.78, 5) is 39.1. The van der Waals surface area contributed by atoms with E-state index in [9.17, 15) is 19.6 Å². The van der Waals surface area contributed by atoms with Crippen molar-refractivity contribution in [2.24, 2.45) is 0 Å². The maximum Gasteiger partial charge on any atom is 0.265 e. The Hall–Kier alpha value is -3.09. The Balaban J connectivity index is 1.88. The van der Waals surface area contributed by atoms with Gasteiger partial charge in [-0.3, -0.25) is 19.3 Å². The lowest BCUT2D eigenvalue weighted by molar-refractivity contribution is -0.124. The summed E-state index contributed by atoms with van der Waals surface area (Å²) in [7, 11) is 1.41. The van der Waals surface area contributed by atoms with E-state index in [2.05, 4.69) is 26.6 Å². The Morgan fingerprint density at radius 2 is 1.83 bits per heavy atom. The molecule has 0 aromatic heterocycles. The molecule has 0 bridgehead atoms. The van der Waals surface area contributed by atoms with Crippen molar-refractivity contribution in [1.82, 2.24) is 10.6 Å². The number of nitrogens with zero attached hydrogens (tertiary/aromatic N) is 2. The lowest BCUT2D eigenvalue weighted by atomic mass is 10.1. The van der Waals surface area contributed by atoms with Crippen molar-refractivity contribution in [3.63, 3.8) is 0 Å². The molecule has 1 saturated heterocycles. The zero-order valence-electron chi connectivity index (χ0n) is 15.9. The van der Waals surface area contributed by atoms with Crippen LogP contribution in [0, 0.1) is 11.3 Å². The summed E-state index contributed by atoms with van der Waals surface area (Å²) in [5, 5.41) is 13.9. The quantitative estimate of drug-likeness (QED) is 0.501. The topological polar surface area (TPSA) is 102 Å². The Bertz CT molecular complexity index is 1050. The number of hydrogen-bond acceptors (Lipinski definition) is 5. The molecule has 1 aliphatic heterocycles. The molecule has 0 spiro atoms. The monoisotopic (exact) mass is 484 g/mol. The number of benzene rings is 2. The molecular formula is C21H17BrN4O3S. The molecule has 1 unspecified atom stereocenters. The molecule has 3 amide bonds. The van der Waals surface area contributed by atoms with E-state index in [0.29, 0.717) is 5.69 Å². The van der Waals surface area contributed by atoms with Gasteiger partial charge in [0.1, 0.15) is 16.7 Å². The second kappa shape index (κ2) is 9.61. The summed E-state index contributed by atoms with van der Waals surface area (Å²) in [6.45, 7) is 0. The molecule has 1 heterocycles.